The second kappa shape index (κ2) is 9.13. The maximum absolute atomic E-state index is 13.1. The minimum absolute atomic E-state index is 0.125. The van der Waals surface area contributed by atoms with Crippen molar-refractivity contribution in [1.29, 1.82) is 0 Å². The van der Waals surface area contributed by atoms with Crippen molar-refractivity contribution in [3.05, 3.63) is 71.0 Å². The van der Waals surface area contributed by atoms with Gasteiger partial charge >= 0.3 is 0 Å². The molecule has 0 saturated carbocycles. The van der Waals surface area contributed by atoms with Crippen LogP contribution in [-0.4, -0.2) is 29.8 Å². The first-order valence-electron chi connectivity index (χ1n) is 8.76. The molecule has 2 amide bonds. The average molecular weight is 356 g/mol. The van der Waals surface area contributed by atoms with Gasteiger partial charge in [0.15, 0.2) is 0 Å². The average Bonchev–Trinajstić information content (AvgIpc) is 2.64. The molecular formula is C21H25FN2O2. The predicted molar refractivity (Wildman–Crippen MR) is 100.0 cm³/mol. The molecular weight excluding hydrogens is 331 g/mol. The van der Waals surface area contributed by atoms with Gasteiger partial charge in [-0.25, -0.2) is 4.39 Å². The van der Waals surface area contributed by atoms with Crippen LogP contribution in [0.4, 0.5) is 4.39 Å². The number of benzene rings is 2. The van der Waals surface area contributed by atoms with E-state index in [0.717, 1.165) is 16.7 Å². The Hall–Kier alpha value is -2.69. The molecule has 0 fully saturated rings. The SMILES string of the molecule is CC[C@@H](C(=O)NC)N(Cc1ccccc1C)C(=O)Cc1ccc(F)cc1. The lowest BCUT2D eigenvalue weighted by Gasteiger charge is -2.31. The molecule has 0 aliphatic carbocycles. The van der Waals surface area contributed by atoms with Crippen LogP contribution in [0, 0.1) is 12.7 Å². The fourth-order valence-corrected chi connectivity index (χ4v) is 2.94. The number of amides is 2. The fourth-order valence-electron chi connectivity index (χ4n) is 2.94. The lowest BCUT2D eigenvalue weighted by molar-refractivity contribution is -0.140. The van der Waals surface area contributed by atoms with Gasteiger partial charge in [-0.3, -0.25) is 9.59 Å². The Labute approximate surface area is 154 Å². The summed E-state index contributed by atoms with van der Waals surface area (Å²) in [6, 6.07) is 13.1. The summed E-state index contributed by atoms with van der Waals surface area (Å²) in [6.07, 6.45) is 0.639. The van der Waals surface area contributed by atoms with Crippen molar-refractivity contribution in [2.75, 3.05) is 7.05 Å². The van der Waals surface area contributed by atoms with Crippen molar-refractivity contribution < 1.29 is 14.0 Å². The Morgan fingerprint density at radius 2 is 1.77 bits per heavy atom. The van der Waals surface area contributed by atoms with Crippen molar-refractivity contribution in [2.24, 2.45) is 0 Å². The summed E-state index contributed by atoms with van der Waals surface area (Å²) < 4.78 is 13.1. The van der Waals surface area contributed by atoms with Crippen molar-refractivity contribution >= 4 is 11.8 Å². The molecule has 138 valence electrons. The molecule has 0 heterocycles. The zero-order valence-corrected chi connectivity index (χ0v) is 15.5. The summed E-state index contributed by atoms with van der Waals surface area (Å²) in [6.45, 7) is 4.23. The third-order valence-corrected chi connectivity index (χ3v) is 4.50. The van der Waals surface area contributed by atoms with Gasteiger partial charge in [-0.1, -0.05) is 43.3 Å². The lowest BCUT2D eigenvalue weighted by atomic mass is 10.0. The summed E-state index contributed by atoms with van der Waals surface area (Å²) in [4.78, 5) is 26.9. The molecule has 0 unspecified atom stereocenters. The van der Waals surface area contributed by atoms with Crippen molar-refractivity contribution in [3.63, 3.8) is 0 Å². The molecule has 0 aromatic heterocycles. The molecule has 0 saturated heterocycles. The molecule has 0 aliphatic heterocycles. The van der Waals surface area contributed by atoms with Crippen LogP contribution >= 0.6 is 0 Å². The second-order valence-electron chi connectivity index (χ2n) is 6.29. The minimum atomic E-state index is -0.549. The smallest absolute Gasteiger partial charge is 0.242 e. The zero-order chi connectivity index (χ0) is 19.1. The van der Waals surface area contributed by atoms with E-state index < -0.39 is 6.04 Å². The van der Waals surface area contributed by atoms with E-state index in [2.05, 4.69) is 5.32 Å². The topological polar surface area (TPSA) is 49.4 Å². The molecule has 2 aromatic rings. The van der Waals surface area contributed by atoms with E-state index in [-0.39, 0.29) is 24.1 Å². The summed E-state index contributed by atoms with van der Waals surface area (Å²) in [7, 11) is 1.57. The van der Waals surface area contributed by atoms with Gasteiger partial charge in [-0.2, -0.15) is 0 Å². The van der Waals surface area contributed by atoms with Crippen molar-refractivity contribution in [3.8, 4) is 0 Å². The summed E-state index contributed by atoms with van der Waals surface area (Å²) in [5.74, 6) is -0.682. The maximum atomic E-state index is 13.1. The Balaban J connectivity index is 2.29. The third kappa shape index (κ3) is 4.91. The van der Waals surface area contributed by atoms with Crippen molar-refractivity contribution in [1.82, 2.24) is 10.2 Å². The first-order chi connectivity index (χ1) is 12.5. The van der Waals surface area contributed by atoms with E-state index in [9.17, 15) is 14.0 Å². The Morgan fingerprint density at radius 3 is 2.35 bits per heavy atom. The van der Waals surface area contributed by atoms with Crippen molar-refractivity contribution in [2.45, 2.75) is 39.3 Å². The van der Waals surface area contributed by atoms with Crippen LogP contribution < -0.4 is 5.32 Å². The normalized spacial score (nSPS) is 11.7. The van der Waals surface area contributed by atoms with Crippen LogP contribution in [0.5, 0.6) is 0 Å². The highest BCUT2D eigenvalue weighted by Gasteiger charge is 2.28. The van der Waals surface area contributed by atoms with E-state index >= 15 is 0 Å². The highest BCUT2D eigenvalue weighted by atomic mass is 19.1. The van der Waals surface area contributed by atoms with Crippen LogP contribution in [0.25, 0.3) is 0 Å². The molecule has 0 bridgehead atoms. The van der Waals surface area contributed by atoms with Gasteiger partial charge in [0.05, 0.1) is 6.42 Å². The van der Waals surface area contributed by atoms with Crippen LogP contribution in [0.2, 0.25) is 0 Å². The number of carbonyl (C=O) groups excluding carboxylic acids is 2. The van der Waals surface area contributed by atoms with Crippen LogP contribution in [0.1, 0.15) is 30.0 Å². The van der Waals surface area contributed by atoms with E-state index in [0.29, 0.717) is 13.0 Å². The van der Waals surface area contributed by atoms with Crippen LogP contribution in [0.15, 0.2) is 48.5 Å². The monoisotopic (exact) mass is 356 g/mol. The zero-order valence-electron chi connectivity index (χ0n) is 15.5. The number of hydrogen-bond acceptors (Lipinski definition) is 2. The largest absolute Gasteiger partial charge is 0.357 e. The van der Waals surface area contributed by atoms with E-state index in [1.807, 2.05) is 38.1 Å². The third-order valence-electron chi connectivity index (χ3n) is 4.50. The number of rotatable bonds is 7. The van der Waals surface area contributed by atoms with Gasteiger partial charge in [0.2, 0.25) is 11.8 Å². The number of nitrogens with zero attached hydrogens (tertiary/aromatic N) is 1. The van der Waals surface area contributed by atoms with E-state index in [1.54, 1.807) is 24.1 Å². The van der Waals surface area contributed by atoms with Gasteiger partial charge in [-0.15, -0.1) is 0 Å². The molecule has 2 rings (SSSR count). The van der Waals surface area contributed by atoms with Crippen LogP contribution in [-0.2, 0) is 22.6 Å². The van der Waals surface area contributed by atoms with Gasteiger partial charge in [0, 0.05) is 13.6 Å². The van der Waals surface area contributed by atoms with Gasteiger partial charge in [0.1, 0.15) is 11.9 Å². The van der Waals surface area contributed by atoms with Gasteiger partial charge < -0.3 is 10.2 Å². The Bertz CT molecular complexity index is 759. The summed E-state index contributed by atoms with van der Waals surface area (Å²) >= 11 is 0. The molecule has 26 heavy (non-hydrogen) atoms. The number of nitrogens with one attached hydrogen (secondary N) is 1. The number of likely N-dealkylation sites (N-methyl/N-ethyl adjacent to an activating group) is 1. The van der Waals surface area contributed by atoms with Gasteiger partial charge in [0.25, 0.3) is 0 Å². The Morgan fingerprint density at radius 1 is 1.12 bits per heavy atom. The summed E-state index contributed by atoms with van der Waals surface area (Å²) in [5.41, 5.74) is 2.79. The highest BCUT2D eigenvalue weighted by Crippen LogP contribution is 2.17. The molecule has 5 heteroatoms. The second-order valence-corrected chi connectivity index (χ2v) is 6.29. The lowest BCUT2D eigenvalue weighted by Crippen LogP contribution is -2.48. The van der Waals surface area contributed by atoms with Gasteiger partial charge in [-0.05, 0) is 42.2 Å². The molecule has 1 atom stereocenters. The number of aryl methyl sites for hydroxylation is 1. The number of halogens is 1. The highest BCUT2D eigenvalue weighted by molar-refractivity contribution is 5.88. The molecule has 0 radical (unpaired) electrons. The molecule has 0 spiro atoms. The first kappa shape index (κ1) is 19.6. The van der Waals surface area contributed by atoms with E-state index in [1.165, 1.54) is 12.1 Å². The fraction of sp³-hybridized carbons (Fsp3) is 0.333. The van der Waals surface area contributed by atoms with Crippen LogP contribution in [0.3, 0.4) is 0 Å². The van der Waals surface area contributed by atoms with E-state index in [4.69, 9.17) is 0 Å². The molecule has 1 N–H and O–H groups in total. The molecule has 2 aromatic carbocycles. The minimum Gasteiger partial charge on any atom is -0.357 e. The first-order valence-corrected chi connectivity index (χ1v) is 8.76. The number of carbonyl (C=O) groups is 2. The summed E-state index contributed by atoms with van der Waals surface area (Å²) in [5, 5.41) is 2.64. The Kier molecular flexibility index (Phi) is 6.89. The maximum Gasteiger partial charge on any atom is 0.242 e. The quantitative estimate of drug-likeness (QED) is 0.828. The molecule has 4 nitrogen and oxygen atoms in total. The number of hydrogen-bond donors (Lipinski definition) is 1. The standard InChI is InChI=1S/C21H25FN2O2/c1-4-19(21(26)23-3)24(14-17-8-6-5-7-15(17)2)20(25)13-16-9-11-18(22)12-10-16/h5-12,19H,4,13-14H2,1-3H3,(H,23,26)/t19-/m0/s1. The predicted octanol–water partition coefficient (Wildman–Crippen LogP) is 3.23. The molecule has 0 aliphatic rings.